The minimum Gasteiger partial charge on any atom is -0.352 e. The number of nitrogens with zero attached hydrogens (tertiary/aromatic N) is 2. The second-order valence-electron chi connectivity index (χ2n) is 8.63. The minimum atomic E-state index is -0.108. The van der Waals surface area contributed by atoms with E-state index in [1.54, 1.807) is 0 Å². The molecule has 0 unspecified atom stereocenters. The van der Waals surface area contributed by atoms with Gasteiger partial charge in [-0.2, -0.15) is 0 Å². The van der Waals surface area contributed by atoms with E-state index in [4.69, 9.17) is 0 Å². The molecule has 6 heteroatoms. The molecule has 2 fully saturated rings. The summed E-state index contributed by atoms with van der Waals surface area (Å²) in [7, 11) is 0. The number of hydrogen-bond acceptors (Lipinski definition) is 4. The Hall–Kier alpha value is -1.92. The summed E-state index contributed by atoms with van der Waals surface area (Å²) in [5.41, 5.74) is 3.18. The van der Waals surface area contributed by atoms with Crippen molar-refractivity contribution in [2.24, 2.45) is 0 Å². The van der Waals surface area contributed by atoms with Gasteiger partial charge in [-0.05, 0) is 50.8 Å². The Morgan fingerprint density at radius 2 is 1.76 bits per heavy atom. The first-order chi connectivity index (χ1) is 13.9. The van der Waals surface area contributed by atoms with E-state index < -0.39 is 0 Å². The molecule has 3 rings (SSSR count). The van der Waals surface area contributed by atoms with Crippen LogP contribution in [-0.4, -0.2) is 66.4 Å². The standard InChI is InChI=1S/C23H36N4O2/c1-17-8-7-11-21(18(17)2)25-22(28)16-26-12-14-27(15-13-26)19(3)23(29)24-20-9-5-4-6-10-20/h7-8,11,19-20H,4-6,9-10,12-16H2,1-3H3,(H,24,29)(H,25,28)/t19-/m0/s1. The number of hydrogen-bond donors (Lipinski definition) is 2. The highest BCUT2D eigenvalue weighted by molar-refractivity contribution is 5.93. The number of amides is 2. The van der Waals surface area contributed by atoms with Crippen LogP contribution in [0.4, 0.5) is 5.69 Å². The monoisotopic (exact) mass is 400 g/mol. The number of carbonyl (C=O) groups excluding carboxylic acids is 2. The van der Waals surface area contributed by atoms with E-state index in [1.807, 2.05) is 26.0 Å². The summed E-state index contributed by atoms with van der Waals surface area (Å²) in [6.45, 7) is 9.72. The number of rotatable bonds is 6. The van der Waals surface area contributed by atoms with E-state index >= 15 is 0 Å². The summed E-state index contributed by atoms with van der Waals surface area (Å²) < 4.78 is 0. The van der Waals surface area contributed by atoms with Gasteiger partial charge in [0.15, 0.2) is 0 Å². The highest BCUT2D eigenvalue weighted by Gasteiger charge is 2.27. The lowest BCUT2D eigenvalue weighted by molar-refractivity contribution is -0.128. The molecular formula is C23H36N4O2. The van der Waals surface area contributed by atoms with Crippen molar-refractivity contribution in [3.63, 3.8) is 0 Å². The van der Waals surface area contributed by atoms with Gasteiger partial charge in [0, 0.05) is 37.9 Å². The molecule has 2 amide bonds. The van der Waals surface area contributed by atoms with Crippen molar-refractivity contribution in [1.29, 1.82) is 0 Å². The molecule has 1 saturated carbocycles. The van der Waals surface area contributed by atoms with Crippen LogP contribution in [0.1, 0.15) is 50.2 Å². The Morgan fingerprint density at radius 1 is 1.07 bits per heavy atom. The number of piperazine rings is 1. The van der Waals surface area contributed by atoms with Crippen LogP contribution in [0.5, 0.6) is 0 Å². The molecule has 1 atom stereocenters. The van der Waals surface area contributed by atoms with Crippen molar-refractivity contribution >= 4 is 17.5 Å². The molecule has 1 aromatic carbocycles. The summed E-state index contributed by atoms with van der Waals surface area (Å²) in [6.07, 6.45) is 5.97. The van der Waals surface area contributed by atoms with Gasteiger partial charge >= 0.3 is 0 Å². The third-order valence-corrected chi connectivity index (χ3v) is 6.53. The molecular weight excluding hydrogens is 364 g/mol. The first-order valence-electron chi connectivity index (χ1n) is 11.1. The van der Waals surface area contributed by atoms with Crippen LogP contribution >= 0.6 is 0 Å². The van der Waals surface area contributed by atoms with Crippen LogP contribution in [0.3, 0.4) is 0 Å². The van der Waals surface area contributed by atoms with E-state index in [2.05, 4.69) is 33.4 Å². The fourth-order valence-corrected chi connectivity index (χ4v) is 4.32. The van der Waals surface area contributed by atoms with Gasteiger partial charge in [-0.15, -0.1) is 0 Å². The van der Waals surface area contributed by atoms with Gasteiger partial charge in [-0.1, -0.05) is 31.4 Å². The maximum Gasteiger partial charge on any atom is 0.238 e. The van der Waals surface area contributed by atoms with Crippen molar-refractivity contribution in [1.82, 2.24) is 15.1 Å². The fraction of sp³-hybridized carbons (Fsp3) is 0.652. The average Bonchev–Trinajstić information content (AvgIpc) is 2.72. The van der Waals surface area contributed by atoms with Gasteiger partial charge in [0.25, 0.3) is 0 Å². The molecule has 0 spiro atoms. The smallest absolute Gasteiger partial charge is 0.238 e. The zero-order valence-electron chi connectivity index (χ0n) is 18.2. The first-order valence-corrected chi connectivity index (χ1v) is 11.1. The summed E-state index contributed by atoms with van der Waals surface area (Å²) in [5, 5.41) is 6.28. The van der Waals surface area contributed by atoms with Gasteiger partial charge in [-0.3, -0.25) is 19.4 Å². The van der Waals surface area contributed by atoms with E-state index in [-0.39, 0.29) is 17.9 Å². The van der Waals surface area contributed by atoms with Crippen LogP contribution in [0.25, 0.3) is 0 Å². The van der Waals surface area contributed by atoms with Gasteiger partial charge in [0.2, 0.25) is 11.8 Å². The molecule has 1 saturated heterocycles. The molecule has 0 radical (unpaired) electrons. The Bertz CT molecular complexity index is 707. The number of nitrogens with one attached hydrogen (secondary N) is 2. The van der Waals surface area contributed by atoms with E-state index in [1.165, 1.54) is 24.8 Å². The molecule has 160 valence electrons. The number of anilines is 1. The quantitative estimate of drug-likeness (QED) is 0.771. The van der Waals surface area contributed by atoms with Crippen LogP contribution in [-0.2, 0) is 9.59 Å². The molecule has 0 aromatic heterocycles. The van der Waals surface area contributed by atoms with Crippen LogP contribution in [0, 0.1) is 13.8 Å². The number of carbonyl (C=O) groups is 2. The van der Waals surface area contributed by atoms with Crippen LogP contribution < -0.4 is 10.6 Å². The van der Waals surface area contributed by atoms with E-state index in [0.717, 1.165) is 50.3 Å². The average molecular weight is 401 g/mol. The highest BCUT2D eigenvalue weighted by atomic mass is 16.2. The number of aryl methyl sites for hydroxylation is 1. The Morgan fingerprint density at radius 3 is 2.45 bits per heavy atom. The number of benzene rings is 1. The molecule has 29 heavy (non-hydrogen) atoms. The molecule has 0 bridgehead atoms. The largest absolute Gasteiger partial charge is 0.352 e. The van der Waals surface area contributed by atoms with E-state index in [0.29, 0.717) is 12.6 Å². The predicted octanol–water partition coefficient (Wildman–Crippen LogP) is 2.70. The Labute approximate surface area is 175 Å². The zero-order valence-corrected chi connectivity index (χ0v) is 18.2. The van der Waals surface area contributed by atoms with Crippen molar-refractivity contribution in [3.8, 4) is 0 Å². The lowest BCUT2D eigenvalue weighted by Gasteiger charge is -2.37. The molecule has 1 aliphatic carbocycles. The Balaban J connectivity index is 1.41. The van der Waals surface area contributed by atoms with Gasteiger partial charge < -0.3 is 10.6 Å². The summed E-state index contributed by atoms with van der Waals surface area (Å²) in [4.78, 5) is 29.5. The third kappa shape index (κ3) is 6.03. The van der Waals surface area contributed by atoms with Crippen LogP contribution in [0.15, 0.2) is 18.2 Å². The van der Waals surface area contributed by atoms with Crippen molar-refractivity contribution in [2.75, 3.05) is 38.0 Å². The highest BCUT2D eigenvalue weighted by Crippen LogP contribution is 2.19. The van der Waals surface area contributed by atoms with Crippen molar-refractivity contribution in [3.05, 3.63) is 29.3 Å². The Kier molecular flexibility index (Phi) is 7.67. The first kappa shape index (κ1) is 21.8. The lowest BCUT2D eigenvalue weighted by Crippen LogP contribution is -2.55. The van der Waals surface area contributed by atoms with Crippen molar-refractivity contribution < 1.29 is 9.59 Å². The molecule has 1 aromatic rings. The molecule has 1 heterocycles. The molecule has 6 nitrogen and oxygen atoms in total. The molecule has 2 aliphatic rings. The maximum atomic E-state index is 12.6. The summed E-state index contributed by atoms with van der Waals surface area (Å²) in [5.74, 6) is 0.174. The second-order valence-corrected chi connectivity index (χ2v) is 8.63. The van der Waals surface area contributed by atoms with E-state index in [9.17, 15) is 9.59 Å². The topological polar surface area (TPSA) is 64.7 Å². The third-order valence-electron chi connectivity index (χ3n) is 6.53. The minimum absolute atomic E-state index is 0.0234. The SMILES string of the molecule is Cc1cccc(NC(=O)CN2CCN([C@@H](C)C(=O)NC3CCCCC3)CC2)c1C. The zero-order chi connectivity index (χ0) is 20.8. The summed E-state index contributed by atoms with van der Waals surface area (Å²) >= 11 is 0. The summed E-state index contributed by atoms with van der Waals surface area (Å²) in [6, 6.07) is 6.22. The van der Waals surface area contributed by atoms with Gasteiger partial charge in [0.05, 0.1) is 12.6 Å². The second kappa shape index (κ2) is 10.2. The van der Waals surface area contributed by atoms with Gasteiger partial charge in [-0.25, -0.2) is 0 Å². The maximum absolute atomic E-state index is 12.6. The fourth-order valence-electron chi connectivity index (χ4n) is 4.32. The normalized spacial score (nSPS) is 20.2. The predicted molar refractivity (Wildman–Crippen MR) is 117 cm³/mol. The van der Waals surface area contributed by atoms with Crippen LogP contribution in [0.2, 0.25) is 0 Å². The van der Waals surface area contributed by atoms with Gasteiger partial charge in [0.1, 0.15) is 0 Å². The molecule has 1 aliphatic heterocycles. The molecule has 2 N–H and O–H groups in total. The van der Waals surface area contributed by atoms with Crippen molar-refractivity contribution in [2.45, 2.75) is 65.0 Å². The lowest BCUT2D eigenvalue weighted by atomic mass is 9.95.